The van der Waals surface area contributed by atoms with Crippen LogP contribution in [0.1, 0.15) is 15.9 Å². The van der Waals surface area contributed by atoms with Crippen LogP contribution in [-0.4, -0.2) is 19.2 Å². The standard InChI is InChI=1S/C15H12ClNO5/c16-12-7-10(8-13-14(12)21-6-5-20-13)9-22-15(18)11-1-3-17(19)4-2-11/h1-4,7-8H,5-6,9H2. The van der Waals surface area contributed by atoms with E-state index in [0.29, 0.717) is 45.6 Å². The molecule has 1 aromatic carbocycles. The zero-order valence-corrected chi connectivity index (χ0v) is 12.2. The van der Waals surface area contributed by atoms with Crippen molar-refractivity contribution in [1.82, 2.24) is 0 Å². The zero-order chi connectivity index (χ0) is 15.5. The van der Waals surface area contributed by atoms with E-state index in [0.717, 1.165) is 0 Å². The zero-order valence-electron chi connectivity index (χ0n) is 11.5. The number of pyridine rings is 1. The summed E-state index contributed by atoms with van der Waals surface area (Å²) in [4.78, 5) is 11.9. The molecule has 1 aromatic heterocycles. The van der Waals surface area contributed by atoms with E-state index in [2.05, 4.69) is 0 Å². The van der Waals surface area contributed by atoms with E-state index in [1.807, 2.05) is 0 Å². The van der Waals surface area contributed by atoms with Crippen molar-refractivity contribution in [2.24, 2.45) is 0 Å². The van der Waals surface area contributed by atoms with E-state index in [4.69, 9.17) is 25.8 Å². The smallest absolute Gasteiger partial charge is 0.338 e. The Kier molecular flexibility index (Phi) is 4.02. The monoisotopic (exact) mass is 321 g/mol. The molecule has 1 aliphatic heterocycles. The molecule has 0 fully saturated rings. The number of fused-ring (bicyclic) bond motifs is 1. The van der Waals surface area contributed by atoms with Gasteiger partial charge in [-0.2, -0.15) is 4.73 Å². The lowest BCUT2D eigenvalue weighted by Gasteiger charge is -2.20. The van der Waals surface area contributed by atoms with Crippen LogP contribution in [0.15, 0.2) is 36.7 Å². The SMILES string of the molecule is O=C(OCc1cc(Cl)c2c(c1)OCCO2)c1cc[n+]([O-])cc1. The first kappa shape index (κ1) is 14.5. The third-order valence-electron chi connectivity index (χ3n) is 3.06. The summed E-state index contributed by atoms with van der Waals surface area (Å²) in [7, 11) is 0. The highest BCUT2D eigenvalue weighted by molar-refractivity contribution is 6.32. The quantitative estimate of drug-likeness (QED) is 0.492. The van der Waals surface area contributed by atoms with Crippen LogP contribution in [0.2, 0.25) is 5.02 Å². The van der Waals surface area contributed by atoms with Crippen molar-refractivity contribution in [2.45, 2.75) is 6.61 Å². The summed E-state index contributed by atoms with van der Waals surface area (Å²) >= 11 is 6.11. The molecule has 2 heterocycles. The Labute approximate surface area is 131 Å². The Morgan fingerprint density at radius 1 is 1.27 bits per heavy atom. The summed E-state index contributed by atoms with van der Waals surface area (Å²) < 4.78 is 16.7. The van der Waals surface area contributed by atoms with Crippen LogP contribution in [0.3, 0.4) is 0 Å². The molecule has 3 rings (SSSR count). The second-order valence-corrected chi connectivity index (χ2v) is 5.03. The minimum absolute atomic E-state index is 0.0431. The molecule has 0 spiro atoms. The fourth-order valence-electron chi connectivity index (χ4n) is 2.03. The number of hydrogen-bond donors (Lipinski definition) is 0. The molecule has 0 bridgehead atoms. The van der Waals surface area contributed by atoms with E-state index in [1.165, 1.54) is 24.5 Å². The normalized spacial score (nSPS) is 12.8. The van der Waals surface area contributed by atoms with Crippen LogP contribution in [0, 0.1) is 5.21 Å². The summed E-state index contributed by atoms with van der Waals surface area (Å²) in [6.07, 6.45) is 2.47. The third-order valence-corrected chi connectivity index (χ3v) is 3.35. The number of nitrogens with zero attached hydrogens (tertiary/aromatic N) is 1. The molecule has 22 heavy (non-hydrogen) atoms. The molecule has 0 saturated carbocycles. The van der Waals surface area contributed by atoms with Crippen LogP contribution < -0.4 is 14.2 Å². The molecule has 0 radical (unpaired) electrons. The topological polar surface area (TPSA) is 71.7 Å². The number of esters is 1. The number of carbonyl (C=O) groups excluding carboxylic acids is 1. The number of benzene rings is 1. The molecule has 6 nitrogen and oxygen atoms in total. The van der Waals surface area contributed by atoms with Crippen LogP contribution in [0.25, 0.3) is 0 Å². The summed E-state index contributed by atoms with van der Waals surface area (Å²) in [5, 5.41) is 11.3. The Morgan fingerprint density at radius 3 is 2.77 bits per heavy atom. The summed E-state index contributed by atoms with van der Waals surface area (Å²) in [5.74, 6) is 0.523. The van der Waals surface area contributed by atoms with Gasteiger partial charge in [-0.25, -0.2) is 4.79 Å². The Hall–Kier alpha value is -2.47. The highest BCUT2D eigenvalue weighted by atomic mass is 35.5. The molecule has 2 aromatic rings. The number of hydrogen-bond acceptors (Lipinski definition) is 5. The fraction of sp³-hybridized carbons (Fsp3) is 0.200. The van der Waals surface area contributed by atoms with E-state index in [9.17, 15) is 10.0 Å². The lowest BCUT2D eigenvalue weighted by atomic mass is 10.2. The predicted octanol–water partition coefficient (Wildman–Crippen LogP) is 2.10. The molecular weight excluding hydrogens is 310 g/mol. The number of carbonyl (C=O) groups is 1. The van der Waals surface area contributed by atoms with Crippen LogP contribution >= 0.6 is 11.6 Å². The first-order chi connectivity index (χ1) is 10.6. The molecule has 114 valence electrons. The van der Waals surface area contributed by atoms with Gasteiger partial charge in [0, 0.05) is 12.1 Å². The van der Waals surface area contributed by atoms with Crippen molar-refractivity contribution in [3.05, 3.63) is 58.0 Å². The number of aromatic nitrogens is 1. The second-order valence-electron chi connectivity index (χ2n) is 4.62. The summed E-state index contributed by atoms with van der Waals surface area (Å²) in [5.41, 5.74) is 0.994. The van der Waals surface area contributed by atoms with Gasteiger partial charge in [-0.3, -0.25) is 0 Å². The molecule has 0 saturated heterocycles. The maximum Gasteiger partial charge on any atom is 0.338 e. The van der Waals surface area contributed by atoms with Crippen LogP contribution in [0.4, 0.5) is 0 Å². The van der Waals surface area contributed by atoms with Crippen molar-refractivity contribution in [3.63, 3.8) is 0 Å². The van der Waals surface area contributed by atoms with E-state index in [1.54, 1.807) is 12.1 Å². The predicted molar refractivity (Wildman–Crippen MR) is 77.0 cm³/mol. The molecule has 7 heteroatoms. The molecule has 0 N–H and O–H groups in total. The first-order valence-corrected chi connectivity index (χ1v) is 6.95. The highest BCUT2D eigenvalue weighted by Gasteiger charge is 2.17. The maximum absolute atomic E-state index is 11.9. The van der Waals surface area contributed by atoms with E-state index < -0.39 is 5.97 Å². The number of rotatable bonds is 3. The second kappa shape index (κ2) is 6.11. The van der Waals surface area contributed by atoms with Crippen molar-refractivity contribution in [3.8, 4) is 11.5 Å². The summed E-state index contributed by atoms with van der Waals surface area (Å²) in [6.45, 7) is 0.946. The van der Waals surface area contributed by atoms with Gasteiger partial charge in [0.15, 0.2) is 23.9 Å². The highest BCUT2D eigenvalue weighted by Crippen LogP contribution is 2.38. The van der Waals surface area contributed by atoms with Gasteiger partial charge in [-0.15, -0.1) is 0 Å². The number of ether oxygens (including phenoxy) is 3. The lowest BCUT2D eigenvalue weighted by molar-refractivity contribution is -0.605. The van der Waals surface area contributed by atoms with Gasteiger partial charge in [-0.05, 0) is 17.7 Å². The van der Waals surface area contributed by atoms with Gasteiger partial charge >= 0.3 is 5.97 Å². The Bertz CT molecular complexity index is 702. The molecule has 0 atom stereocenters. The minimum Gasteiger partial charge on any atom is -0.619 e. The molecule has 0 unspecified atom stereocenters. The Balaban J connectivity index is 1.70. The van der Waals surface area contributed by atoms with Crippen molar-refractivity contribution in [1.29, 1.82) is 0 Å². The average Bonchev–Trinajstić information content (AvgIpc) is 2.53. The third kappa shape index (κ3) is 3.07. The van der Waals surface area contributed by atoms with Gasteiger partial charge in [0.05, 0.1) is 10.6 Å². The van der Waals surface area contributed by atoms with Gasteiger partial charge in [0.25, 0.3) is 0 Å². The molecular formula is C15H12ClNO5. The van der Waals surface area contributed by atoms with Crippen LogP contribution in [-0.2, 0) is 11.3 Å². The van der Waals surface area contributed by atoms with Crippen molar-refractivity contribution in [2.75, 3.05) is 13.2 Å². The van der Waals surface area contributed by atoms with Gasteiger partial charge < -0.3 is 19.4 Å². The maximum atomic E-state index is 11.9. The van der Waals surface area contributed by atoms with Crippen molar-refractivity contribution < 1.29 is 23.7 Å². The molecule has 0 amide bonds. The van der Waals surface area contributed by atoms with Gasteiger partial charge in [0.1, 0.15) is 19.8 Å². The first-order valence-electron chi connectivity index (χ1n) is 6.57. The number of halogens is 1. The van der Waals surface area contributed by atoms with E-state index >= 15 is 0 Å². The van der Waals surface area contributed by atoms with Gasteiger partial charge in [0.2, 0.25) is 0 Å². The molecule has 0 aliphatic carbocycles. The van der Waals surface area contributed by atoms with Crippen LogP contribution in [0.5, 0.6) is 11.5 Å². The lowest BCUT2D eigenvalue weighted by Crippen LogP contribution is -2.24. The average molecular weight is 322 g/mol. The molecule has 1 aliphatic rings. The van der Waals surface area contributed by atoms with Gasteiger partial charge in [-0.1, -0.05) is 11.6 Å². The van der Waals surface area contributed by atoms with E-state index in [-0.39, 0.29) is 6.61 Å². The van der Waals surface area contributed by atoms with Crippen molar-refractivity contribution >= 4 is 17.6 Å². The fourth-order valence-corrected chi connectivity index (χ4v) is 2.32. The summed E-state index contributed by atoms with van der Waals surface area (Å²) in [6, 6.07) is 6.18. The largest absolute Gasteiger partial charge is 0.619 e. The minimum atomic E-state index is -0.522. The Morgan fingerprint density at radius 2 is 2.00 bits per heavy atom.